The first kappa shape index (κ1) is 13.8. The lowest BCUT2D eigenvalue weighted by molar-refractivity contribution is 0.414. The van der Waals surface area contributed by atoms with E-state index < -0.39 is 0 Å². The Morgan fingerprint density at radius 1 is 1.18 bits per heavy atom. The summed E-state index contributed by atoms with van der Waals surface area (Å²) in [6.07, 6.45) is 0.932. The van der Waals surface area contributed by atoms with Gasteiger partial charge < -0.3 is 10.1 Å². The van der Waals surface area contributed by atoms with Gasteiger partial charge in [-0.25, -0.2) is 4.98 Å². The van der Waals surface area contributed by atoms with Crippen molar-refractivity contribution in [2.75, 3.05) is 12.4 Å². The second-order valence-corrected chi connectivity index (χ2v) is 7.12. The largest absolute Gasteiger partial charge is 0.497 e. The van der Waals surface area contributed by atoms with Gasteiger partial charge in [-0.3, -0.25) is 0 Å². The number of nitrogens with zero attached hydrogens (tertiary/aromatic N) is 1. The lowest BCUT2D eigenvalue weighted by atomic mass is 10.1. The van der Waals surface area contributed by atoms with E-state index in [0.717, 1.165) is 33.2 Å². The molecule has 0 amide bonds. The Kier molecular flexibility index (Phi) is 3.39. The molecule has 1 heterocycles. The van der Waals surface area contributed by atoms with Gasteiger partial charge in [0, 0.05) is 27.0 Å². The van der Waals surface area contributed by atoms with Crippen LogP contribution in [0.25, 0.3) is 11.3 Å². The van der Waals surface area contributed by atoms with Gasteiger partial charge in [-0.2, -0.15) is 0 Å². The fourth-order valence-electron chi connectivity index (χ4n) is 2.64. The number of anilines is 2. The molecule has 0 bridgehead atoms. The summed E-state index contributed by atoms with van der Waals surface area (Å²) in [4.78, 5) is 6.07. The molecule has 1 aliphatic carbocycles. The molecule has 0 saturated carbocycles. The molecule has 110 valence electrons. The summed E-state index contributed by atoms with van der Waals surface area (Å²) < 4.78 is 6.37. The first-order valence-electron chi connectivity index (χ1n) is 6.92. The number of halogens is 1. The van der Waals surface area contributed by atoms with Crippen LogP contribution in [0.2, 0.25) is 0 Å². The first-order valence-corrected chi connectivity index (χ1v) is 8.53. The van der Waals surface area contributed by atoms with Crippen LogP contribution in [0.5, 0.6) is 5.75 Å². The second kappa shape index (κ2) is 5.41. The van der Waals surface area contributed by atoms with Crippen molar-refractivity contribution in [3.8, 4) is 17.0 Å². The summed E-state index contributed by atoms with van der Waals surface area (Å²) in [5.41, 5.74) is 4.66. The molecule has 0 aliphatic heterocycles. The van der Waals surface area contributed by atoms with Crippen LogP contribution < -0.4 is 10.1 Å². The molecule has 4 rings (SSSR count). The Balaban J connectivity index is 1.63. The number of fused-ring (bicyclic) bond motifs is 3. The number of aromatic nitrogens is 1. The van der Waals surface area contributed by atoms with Crippen molar-refractivity contribution in [1.29, 1.82) is 0 Å². The third kappa shape index (κ3) is 2.40. The van der Waals surface area contributed by atoms with Gasteiger partial charge in [-0.05, 0) is 48.0 Å². The molecule has 0 saturated heterocycles. The molecule has 3 aromatic rings. The molecular formula is C17H13BrN2OS. The minimum atomic E-state index is 0.905. The zero-order valence-corrected chi connectivity index (χ0v) is 14.3. The molecular weight excluding hydrogens is 360 g/mol. The summed E-state index contributed by atoms with van der Waals surface area (Å²) >= 11 is 5.16. The predicted octanol–water partition coefficient (Wildman–Crippen LogP) is 5.23. The van der Waals surface area contributed by atoms with Crippen molar-refractivity contribution >= 4 is 38.1 Å². The molecule has 1 N–H and O–H groups in total. The van der Waals surface area contributed by atoms with Crippen molar-refractivity contribution in [2.24, 2.45) is 0 Å². The van der Waals surface area contributed by atoms with Crippen LogP contribution in [0.1, 0.15) is 10.4 Å². The maximum Gasteiger partial charge on any atom is 0.187 e. The first-order chi connectivity index (χ1) is 10.7. The third-order valence-electron chi connectivity index (χ3n) is 3.71. The van der Waals surface area contributed by atoms with Crippen molar-refractivity contribution in [2.45, 2.75) is 6.42 Å². The standard InChI is InChI=1S/C17H13BrN2OS/c1-21-13-6-7-14-10(8-13)9-15-16(14)20-17(22-15)19-12-4-2-11(18)3-5-12/h2-8H,9H2,1H3,(H,19,20). The van der Waals surface area contributed by atoms with E-state index in [1.165, 1.54) is 16.0 Å². The fourth-order valence-corrected chi connectivity index (χ4v) is 3.92. The molecule has 1 aliphatic rings. The summed E-state index contributed by atoms with van der Waals surface area (Å²) in [5, 5.41) is 4.31. The van der Waals surface area contributed by atoms with Gasteiger partial charge >= 0.3 is 0 Å². The quantitative estimate of drug-likeness (QED) is 0.534. The van der Waals surface area contributed by atoms with Gasteiger partial charge in [-0.15, -0.1) is 11.3 Å². The van der Waals surface area contributed by atoms with Crippen molar-refractivity contribution < 1.29 is 4.74 Å². The Labute approximate surface area is 141 Å². The van der Waals surface area contributed by atoms with Gasteiger partial charge in [0.05, 0.1) is 12.8 Å². The number of ether oxygens (including phenoxy) is 1. The van der Waals surface area contributed by atoms with Crippen molar-refractivity contribution in [1.82, 2.24) is 4.98 Å². The zero-order chi connectivity index (χ0) is 15.1. The zero-order valence-electron chi connectivity index (χ0n) is 11.9. The number of benzene rings is 2. The summed E-state index contributed by atoms with van der Waals surface area (Å²) in [6.45, 7) is 0. The van der Waals surface area contributed by atoms with Gasteiger partial charge in [0.25, 0.3) is 0 Å². The summed E-state index contributed by atoms with van der Waals surface area (Å²) in [5.74, 6) is 0.905. The van der Waals surface area contributed by atoms with E-state index in [-0.39, 0.29) is 0 Å². The number of hydrogen-bond donors (Lipinski definition) is 1. The summed E-state index contributed by atoms with van der Waals surface area (Å²) in [6, 6.07) is 14.3. The number of hydrogen-bond acceptors (Lipinski definition) is 4. The highest BCUT2D eigenvalue weighted by Gasteiger charge is 2.23. The van der Waals surface area contributed by atoms with E-state index in [0.29, 0.717) is 0 Å². The normalized spacial score (nSPS) is 11.9. The maximum absolute atomic E-state index is 5.29. The van der Waals surface area contributed by atoms with E-state index in [2.05, 4.69) is 33.4 Å². The Morgan fingerprint density at radius 2 is 2.00 bits per heavy atom. The molecule has 5 heteroatoms. The van der Waals surface area contributed by atoms with E-state index in [1.807, 2.05) is 30.3 Å². The minimum Gasteiger partial charge on any atom is -0.497 e. The number of thiazole rings is 1. The van der Waals surface area contributed by atoms with E-state index in [9.17, 15) is 0 Å². The van der Waals surface area contributed by atoms with E-state index in [4.69, 9.17) is 9.72 Å². The van der Waals surface area contributed by atoms with Crippen molar-refractivity contribution in [3.63, 3.8) is 0 Å². The highest BCUT2D eigenvalue weighted by molar-refractivity contribution is 9.10. The molecule has 1 aromatic heterocycles. The lowest BCUT2D eigenvalue weighted by Crippen LogP contribution is -1.90. The van der Waals surface area contributed by atoms with Crippen LogP contribution >= 0.6 is 27.3 Å². The monoisotopic (exact) mass is 372 g/mol. The predicted molar refractivity (Wildman–Crippen MR) is 94.3 cm³/mol. The number of nitrogens with one attached hydrogen (secondary N) is 1. The average molecular weight is 373 g/mol. The Hall–Kier alpha value is -1.85. The molecule has 22 heavy (non-hydrogen) atoms. The van der Waals surface area contributed by atoms with Gasteiger partial charge in [0.1, 0.15) is 5.75 Å². The van der Waals surface area contributed by atoms with Crippen LogP contribution in [0.15, 0.2) is 46.9 Å². The third-order valence-corrected chi connectivity index (χ3v) is 5.21. The fraction of sp³-hybridized carbons (Fsp3) is 0.118. The van der Waals surface area contributed by atoms with Crippen LogP contribution in [0.3, 0.4) is 0 Å². The molecule has 3 nitrogen and oxygen atoms in total. The number of methoxy groups -OCH3 is 1. The lowest BCUT2D eigenvalue weighted by Gasteiger charge is -2.04. The molecule has 0 atom stereocenters. The van der Waals surface area contributed by atoms with Gasteiger partial charge in [0.2, 0.25) is 0 Å². The van der Waals surface area contributed by atoms with Gasteiger partial charge in [-0.1, -0.05) is 15.9 Å². The second-order valence-electron chi connectivity index (χ2n) is 5.12. The highest BCUT2D eigenvalue weighted by atomic mass is 79.9. The minimum absolute atomic E-state index is 0.905. The molecule has 0 radical (unpaired) electrons. The van der Waals surface area contributed by atoms with E-state index >= 15 is 0 Å². The molecule has 0 spiro atoms. The molecule has 2 aromatic carbocycles. The average Bonchev–Trinajstić information content (AvgIpc) is 3.05. The van der Waals surface area contributed by atoms with E-state index in [1.54, 1.807) is 18.4 Å². The molecule has 0 fully saturated rings. The topological polar surface area (TPSA) is 34.1 Å². The van der Waals surface area contributed by atoms with Crippen LogP contribution in [-0.2, 0) is 6.42 Å². The smallest absolute Gasteiger partial charge is 0.187 e. The maximum atomic E-state index is 5.29. The summed E-state index contributed by atoms with van der Waals surface area (Å²) in [7, 11) is 1.70. The van der Waals surface area contributed by atoms with Crippen molar-refractivity contribution in [3.05, 3.63) is 57.4 Å². The Morgan fingerprint density at radius 3 is 2.77 bits per heavy atom. The number of rotatable bonds is 3. The SMILES string of the molecule is COc1ccc2c(c1)Cc1sc(Nc3ccc(Br)cc3)nc1-2. The Bertz CT molecular complexity index is 842. The van der Waals surface area contributed by atoms with Crippen LogP contribution in [-0.4, -0.2) is 12.1 Å². The van der Waals surface area contributed by atoms with Gasteiger partial charge in [0.15, 0.2) is 5.13 Å². The molecule has 0 unspecified atom stereocenters. The van der Waals surface area contributed by atoms with Crippen LogP contribution in [0.4, 0.5) is 10.8 Å². The highest BCUT2D eigenvalue weighted by Crippen LogP contribution is 2.42. The van der Waals surface area contributed by atoms with Crippen LogP contribution in [0, 0.1) is 0 Å².